The van der Waals surface area contributed by atoms with Crippen LogP contribution < -0.4 is 5.32 Å². The summed E-state index contributed by atoms with van der Waals surface area (Å²) in [6, 6.07) is -0.985. The highest BCUT2D eigenvalue weighted by Crippen LogP contribution is 2.21. The summed E-state index contributed by atoms with van der Waals surface area (Å²) in [6.45, 7) is 5.59. The van der Waals surface area contributed by atoms with Gasteiger partial charge in [-0.25, -0.2) is 9.59 Å². The standard InChI is InChI=1S/C14H26N2O3/c1-3-5-11-7-9-16(10-8-11)14(19)15-12(6-4-2)13(17)18/h11-12H,3-10H2,1-2H3,(H,15,19)(H,17,18)/t12-/m1/s1. The van der Waals surface area contributed by atoms with Crippen molar-refractivity contribution < 1.29 is 14.7 Å². The van der Waals surface area contributed by atoms with E-state index in [0.717, 1.165) is 38.3 Å². The van der Waals surface area contributed by atoms with E-state index in [4.69, 9.17) is 5.11 Å². The van der Waals surface area contributed by atoms with E-state index >= 15 is 0 Å². The lowest BCUT2D eigenvalue weighted by Gasteiger charge is -2.32. The summed E-state index contributed by atoms with van der Waals surface area (Å²) in [4.78, 5) is 24.8. The molecule has 1 saturated heterocycles. The number of hydrogen-bond acceptors (Lipinski definition) is 2. The number of urea groups is 1. The molecule has 2 N–H and O–H groups in total. The quantitative estimate of drug-likeness (QED) is 0.779. The minimum atomic E-state index is -0.948. The summed E-state index contributed by atoms with van der Waals surface area (Å²) in [5.41, 5.74) is 0. The van der Waals surface area contributed by atoms with Crippen LogP contribution in [0, 0.1) is 5.92 Å². The van der Waals surface area contributed by atoms with E-state index in [2.05, 4.69) is 12.2 Å². The molecule has 19 heavy (non-hydrogen) atoms. The van der Waals surface area contributed by atoms with Gasteiger partial charge in [0.05, 0.1) is 0 Å². The topological polar surface area (TPSA) is 69.6 Å². The van der Waals surface area contributed by atoms with Crippen molar-refractivity contribution in [2.24, 2.45) is 5.92 Å². The van der Waals surface area contributed by atoms with Gasteiger partial charge in [-0.2, -0.15) is 0 Å². The second-order valence-electron chi connectivity index (χ2n) is 5.35. The Balaban J connectivity index is 2.39. The number of hydrogen-bond donors (Lipinski definition) is 2. The Morgan fingerprint density at radius 3 is 2.37 bits per heavy atom. The zero-order valence-corrected chi connectivity index (χ0v) is 12.0. The Morgan fingerprint density at radius 2 is 1.89 bits per heavy atom. The number of amides is 2. The molecule has 5 heteroatoms. The van der Waals surface area contributed by atoms with Crippen LogP contribution in [-0.2, 0) is 4.79 Å². The monoisotopic (exact) mass is 270 g/mol. The average molecular weight is 270 g/mol. The van der Waals surface area contributed by atoms with Gasteiger partial charge in [0.2, 0.25) is 0 Å². The van der Waals surface area contributed by atoms with Gasteiger partial charge in [0, 0.05) is 13.1 Å². The van der Waals surface area contributed by atoms with E-state index < -0.39 is 12.0 Å². The van der Waals surface area contributed by atoms with Gasteiger partial charge in [-0.1, -0.05) is 33.1 Å². The molecule has 0 aliphatic carbocycles. The van der Waals surface area contributed by atoms with E-state index in [-0.39, 0.29) is 6.03 Å². The number of rotatable bonds is 6. The van der Waals surface area contributed by atoms with Gasteiger partial charge in [-0.05, 0) is 25.2 Å². The normalized spacial score (nSPS) is 18.1. The first-order chi connectivity index (χ1) is 9.08. The molecule has 2 amide bonds. The lowest BCUT2D eigenvalue weighted by Crippen LogP contribution is -2.50. The van der Waals surface area contributed by atoms with Gasteiger partial charge in [0.25, 0.3) is 0 Å². The molecule has 0 spiro atoms. The molecule has 0 aromatic carbocycles. The molecular weight excluding hydrogens is 244 g/mol. The Labute approximate surface area is 115 Å². The molecule has 0 bridgehead atoms. The fourth-order valence-electron chi connectivity index (χ4n) is 2.62. The number of likely N-dealkylation sites (tertiary alicyclic amines) is 1. The number of piperidine rings is 1. The molecular formula is C14H26N2O3. The lowest BCUT2D eigenvalue weighted by atomic mass is 9.93. The number of carboxylic acid groups (broad SMARTS) is 1. The van der Waals surface area contributed by atoms with Crippen LogP contribution in [0.3, 0.4) is 0 Å². The van der Waals surface area contributed by atoms with E-state index in [1.165, 1.54) is 12.8 Å². The molecule has 1 rings (SSSR count). The first-order valence-corrected chi connectivity index (χ1v) is 7.36. The maximum absolute atomic E-state index is 12.0. The van der Waals surface area contributed by atoms with Crippen molar-refractivity contribution in [1.82, 2.24) is 10.2 Å². The molecule has 1 heterocycles. The molecule has 1 fully saturated rings. The fraction of sp³-hybridized carbons (Fsp3) is 0.857. The number of aliphatic carboxylic acids is 1. The molecule has 0 radical (unpaired) electrons. The van der Waals surface area contributed by atoms with Crippen molar-refractivity contribution >= 4 is 12.0 Å². The Bertz CT molecular complexity index is 299. The zero-order chi connectivity index (χ0) is 14.3. The van der Waals surface area contributed by atoms with Crippen molar-refractivity contribution in [2.75, 3.05) is 13.1 Å². The SMILES string of the molecule is CCCC1CCN(C(=O)N[C@H](CCC)C(=O)O)CC1. The van der Waals surface area contributed by atoms with Crippen molar-refractivity contribution in [3.8, 4) is 0 Å². The first-order valence-electron chi connectivity index (χ1n) is 7.36. The summed E-state index contributed by atoms with van der Waals surface area (Å²) in [7, 11) is 0. The van der Waals surface area contributed by atoms with Crippen LogP contribution in [0.5, 0.6) is 0 Å². The molecule has 0 unspecified atom stereocenters. The van der Waals surface area contributed by atoms with Gasteiger partial charge in [-0.15, -0.1) is 0 Å². The highest BCUT2D eigenvalue weighted by atomic mass is 16.4. The van der Waals surface area contributed by atoms with E-state index in [1.54, 1.807) is 4.90 Å². The summed E-state index contributed by atoms with van der Waals surface area (Å²) < 4.78 is 0. The van der Waals surface area contributed by atoms with Gasteiger partial charge < -0.3 is 15.3 Å². The molecule has 0 saturated carbocycles. The second kappa shape index (κ2) is 8.02. The third kappa shape index (κ3) is 5.09. The second-order valence-corrected chi connectivity index (χ2v) is 5.35. The minimum Gasteiger partial charge on any atom is -0.480 e. The van der Waals surface area contributed by atoms with Crippen molar-refractivity contribution in [2.45, 2.75) is 58.4 Å². The number of carbonyl (C=O) groups is 2. The predicted octanol–water partition coefficient (Wildman–Crippen LogP) is 2.46. The fourth-order valence-corrected chi connectivity index (χ4v) is 2.62. The van der Waals surface area contributed by atoms with Gasteiger partial charge >= 0.3 is 12.0 Å². The van der Waals surface area contributed by atoms with E-state index in [1.807, 2.05) is 6.92 Å². The number of carbonyl (C=O) groups excluding carboxylic acids is 1. The Hall–Kier alpha value is -1.26. The highest BCUT2D eigenvalue weighted by molar-refractivity contribution is 5.82. The largest absolute Gasteiger partial charge is 0.480 e. The molecule has 1 aliphatic rings. The molecule has 5 nitrogen and oxygen atoms in total. The van der Waals surface area contributed by atoms with Crippen LogP contribution in [0.15, 0.2) is 0 Å². The summed E-state index contributed by atoms with van der Waals surface area (Å²) in [6.07, 6.45) is 5.71. The lowest BCUT2D eigenvalue weighted by molar-refractivity contribution is -0.139. The first kappa shape index (κ1) is 15.8. The van der Waals surface area contributed by atoms with Crippen molar-refractivity contribution in [3.05, 3.63) is 0 Å². The Kier molecular flexibility index (Phi) is 6.67. The van der Waals surface area contributed by atoms with Crippen LogP contribution in [0.1, 0.15) is 52.4 Å². The number of nitrogens with zero attached hydrogens (tertiary/aromatic N) is 1. The average Bonchev–Trinajstić information content (AvgIpc) is 2.39. The number of carboxylic acids is 1. The number of nitrogens with one attached hydrogen (secondary N) is 1. The third-order valence-electron chi connectivity index (χ3n) is 3.77. The van der Waals surface area contributed by atoms with Gasteiger partial charge in [0.15, 0.2) is 0 Å². The minimum absolute atomic E-state index is 0.226. The highest BCUT2D eigenvalue weighted by Gasteiger charge is 2.25. The molecule has 1 atom stereocenters. The van der Waals surface area contributed by atoms with Crippen LogP contribution in [0.4, 0.5) is 4.79 Å². The summed E-state index contributed by atoms with van der Waals surface area (Å²) >= 11 is 0. The van der Waals surface area contributed by atoms with Crippen molar-refractivity contribution in [3.63, 3.8) is 0 Å². The summed E-state index contributed by atoms with van der Waals surface area (Å²) in [5, 5.41) is 11.7. The molecule has 0 aromatic rings. The van der Waals surface area contributed by atoms with E-state index in [0.29, 0.717) is 6.42 Å². The van der Waals surface area contributed by atoms with Crippen molar-refractivity contribution in [1.29, 1.82) is 0 Å². The smallest absolute Gasteiger partial charge is 0.326 e. The van der Waals surface area contributed by atoms with Gasteiger partial charge in [-0.3, -0.25) is 0 Å². The zero-order valence-electron chi connectivity index (χ0n) is 12.0. The maximum atomic E-state index is 12.0. The third-order valence-corrected chi connectivity index (χ3v) is 3.77. The molecule has 110 valence electrons. The Morgan fingerprint density at radius 1 is 1.26 bits per heavy atom. The molecule has 0 aromatic heterocycles. The molecule has 1 aliphatic heterocycles. The van der Waals surface area contributed by atoms with Crippen LogP contribution in [-0.4, -0.2) is 41.1 Å². The van der Waals surface area contributed by atoms with Crippen LogP contribution in [0.2, 0.25) is 0 Å². The predicted molar refractivity (Wildman–Crippen MR) is 74.1 cm³/mol. The maximum Gasteiger partial charge on any atom is 0.326 e. The van der Waals surface area contributed by atoms with E-state index in [9.17, 15) is 9.59 Å². The van der Waals surface area contributed by atoms with Crippen LogP contribution >= 0.6 is 0 Å². The summed E-state index contributed by atoms with van der Waals surface area (Å²) in [5.74, 6) is -0.226. The van der Waals surface area contributed by atoms with Crippen LogP contribution in [0.25, 0.3) is 0 Å². The van der Waals surface area contributed by atoms with Gasteiger partial charge in [0.1, 0.15) is 6.04 Å².